The predicted octanol–water partition coefficient (Wildman–Crippen LogP) is 2.94. The first kappa shape index (κ1) is 23.5. The standard InChI is InChI=1S/C19H20BrN3O6S/c1-4-29-18(27)15-10(2)22-19(30-15)23-14(24)5-6-21-16(25)11-7-12(17(26)28-3)9-13(20)8-11/h7-9H,4-6H2,1-3H3,(H,21,25)(H,22,23,24). The van der Waals surface area contributed by atoms with Crippen LogP contribution in [0.25, 0.3) is 0 Å². The van der Waals surface area contributed by atoms with Gasteiger partial charge in [0, 0.05) is 23.0 Å². The van der Waals surface area contributed by atoms with Crippen molar-refractivity contribution in [2.45, 2.75) is 20.3 Å². The van der Waals surface area contributed by atoms with Crippen molar-refractivity contribution in [1.82, 2.24) is 10.3 Å². The van der Waals surface area contributed by atoms with E-state index in [0.717, 1.165) is 11.3 Å². The normalized spacial score (nSPS) is 10.3. The summed E-state index contributed by atoms with van der Waals surface area (Å²) in [5, 5.41) is 5.49. The van der Waals surface area contributed by atoms with E-state index in [2.05, 4.69) is 36.3 Å². The van der Waals surface area contributed by atoms with Crippen LogP contribution < -0.4 is 10.6 Å². The fourth-order valence-electron chi connectivity index (χ4n) is 2.37. The number of halogens is 1. The number of anilines is 1. The minimum absolute atomic E-state index is 0.00301. The maximum atomic E-state index is 12.3. The second kappa shape index (κ2) is 10.8. The molecule has 1 aromatic heterocycles. The van der Waals surface area contributed by atoms with Crippen LogP contribution in [0.2, 0.25) is 0 Å². The number of nitrogens with zero attached hydrogens (tertiary/aromatic N) is 1. The number of carbonyl (C=O) groups is 4. The third-order valence-electron chi connectivity index (χ3n) is 3.72. The van der Waals surface area contributed by atoms with Crippen LogP contribution in [0.3, 0.4) is 0 Å². The lowest BCUT2D eigenvalue weighted by Gasteiger charge is -2.07. The summed E-state index contributed by atoms with van der Waals surface area (Å²) in [4.78, 5) is 52.3. The summed E-state index contributed by atoms with van der Waals surface area (Å²) in [5.41, 5.74) is 0.948. The Hall–Kier alpha value is -2.79. The molecule has 0 aliphatic rings. The highest BCUT2D eigenvalue weighted by molar-refractivity contribution is 9.10. The van der Waals surface area contributed by atoms with Crippen LogP contribution in [-0.2, 0) is 14.3 Å². The van der Waals surface area contributed by atoms with Gasteiger partial charge in [-0.1, -0.05) is 27.3 Å². The lowest BCUT2D eigenvalue weighted by atomic mass is 10.1. The Labute approximate surface area is 185 Å². The number of carbonyl (C=O) groups excluding carboxylic acids is 4. The van der Waals surface area contributed by atoms with Gasteiger partial charge in [0.1, 0.15) is 4.88 Å². The minimum Gasteiger partial charge on any atom is -0.465 e. The van der Waals surface area contributed by atoms with E-state index in [0.29, 0.717) is 15.0 Å². The zero-order valence-corrected chi connectivity index (χ0v) is 18.9. The van der Waals surface area contributed by atoms with Crippen molar-refractivity contribution < 1.29 is 28.7 Å². The first-order valence-corrected chi connectivity index (χ1v) is 10.5. The lowest BCUT2D eigenvalue weighted by molar-refractivity contribution is -0.116. The molecule has 0 aliphatic carbocycles. The largest absolute Gasteiger partial charge is 0.465 e. The Kier molecular flexibility index (Phi) is 8.48. The van der Waals surface area contributed by atoms with Gasteiger partial charge in [0.15, 0.2) is 5.13 Å². The van der Waals surface area contributed by atoms with Crippen LogP contribution in [0.5, 0.6) is 0 Å². The summed E-state index contributed by atoms with van der Waals surface area (Å²) in [5.74, 6) is -1.86. The molecular formula is C19H20BrN3O6S. The third kappa shape index (κ3) is 6.36. The van der Waals surface area contributed by atoms with Gasteiger partial charge >= 0.3 is 11.9 Å². The maximum absolute atomic E-state index is 12.3. The summed E-state index contributed by atoms with van der Waals surface area (Å²) in [6.45, 7) is 3.67. The molecule has 0 radical (unpaired) electrons. The second-order valence-corrected chi connectivity index (χ2v) is 7.84. The molecule has 11 heteroatoms. The van der Waals surface area contributed by atoms with Gasteiger partial charge in [0.05, 0.1) is 25.0 Å². The summed E-state index contributed by atoms with van der Waals surface area (Å²) >= 11 is 4.27. The zero-order chi connectivity index (χ0) is 22.3. The molecule has 9 nitrogen and oxygen atoms in total. The summed E-state index contributed by atoms with van der Waals surface area (Å²) in [6.07, 6.45) is -0.00301. The fraction of sp³-hybridized carbons (Fsp3) is 0.316. The van der Waals surface area contributed by atoms with Crippen LogP contribution >= 0.6 is 27.3 Å². The molecule has 2 amide bonds. The monoisotopic (exact) mass is 497 g/mol. The Morgan fingerprint density at radius 3 is 2.50 bits per heavy atom. The van der Waals surface area contributed by atoms with Crippen molar-refractivity contribution in [2.75, 3.05) is 25.6 Å². The quantitative estimate of drug-likeness (QED) is 0.537. The number of benzene rings is 1. The van der Waals surface area contributed by atoms with E-state index in [1.807, 2.05) is 0 Å². The molecule has 1 heterocycles. The molecule has 0 spiro atoms. The van der Waals surface area contributed by atoms with E-state index in [-0.39, 0.29) is 41.7 Å². The Bertz CT molecular complexity index is 975. The van der Waals surface area contributed by atoms with Crippen molar-refractivity contribution in [2.24, 2.45) is 0 Å². The average Bonchev–Trinajstić information content (AvgIpc) is 3.06. The molecule has 2 aromatic rings. The topological polar surface area (TPSA) is 124 Å². The molecule has 0 saturated carbocycles. The second-order valence-electron chi connectivity index (χ2n) is 5.93. The molecule has 30 heavy (non-hydrogen) atoms. The number of hydrogen-bond donors (Lipinski definition) is 2. The molecule has 2 rings (SSSR count). The Balaban J connectivity index is 1.90. The van der Waals surface area contributed by atoms with Crippen molar-refractivity contribution in [3.05, 3.63) is 44.4 Å². The van der Waals surface area contributed by atoms with Gasteiger partial charge in [-0.15, -0.1) is 0 Å². The summed E-state index contributed by atoms with van der Waals surface area (Å²) < 4.78 is 10.1. The third-order valence-corrected chi connectivity index (χ3v) is 5.23. The van der Waals surface area contributed by atoms with Gasteiger partial charge in [-0.05, 0) is 32.0 Å². The molecule has 160 valence electrons. The summed E-state index contributed by atoms with van der Waals surface area (Å²) in [6, 6.07) is 4.50. The Morgan fingerprint density at radius 1 is 1.13 bits per heavy atom. The van der Waals surface area contributed by atoms with Gasteiger partial charge in [-0.2, -0.15) is 0 Å². The lowest BCUT2D eigenvalue weighted by Crippen LogP contribution is -2.27. The van der Waals surface area contributed by atoms with Gasteiger partial charge in [0.25, 0.3) is 5.91 Å². The van der Waals surface area contributed by atoms with Crippen LogP contribution in [0, 0.1) is 6.92 Å². The molecule has 0 aliphatic heterocycles. The minimum atomic E-state index is -0.564. The number of amides is 2. The van der Waals surface area contributed by atoms with E-state index in [1.54, 1.807) is 19.9 Å². The zero-order valence-electron chi connectivity index (χ0n) is 16.5. The molecule has 0 fully saturated rings. The number of aromatic nitrogens is 1. The van der Waals surface area contributed by atoms with E-state index in [1.165, 1.54) is 19.2 Å². The first-order valence-electron chi connectivity index (χ1n) is 8.86. The highest BCUT2D eigenvalue weighted by Crippen LogP contribution is 2.23. The molecule has 0 bridgehead atoms. The molecule has 2 N–H and O–H groups in total. The molecule has 0 saturated heterocycles. The SMILES string of the molecule is CCOC(=O)c1sc(NC(=O)CCNC(=O)c2cc(Br)cc(C(=O)OC)c2)nc1C. The fourth-order valence-corrected chi connectivity index (χ4v) is 3.74. The molecule has 1 aromatic carbocycles. The van der Waals surface area contributed by atoms with Crippen molar-refractivity contribution in [3.63, 3.8) is 0 Å². The van der Waals surface area contributed by atoms with Crippen molar-refractivity contribution >= 4 is 56.2 Å². The van der Waals surface area contributed by atoms with Crippen LogP contribution in [0.15, 0.2) is 22.7 Å². The number of rotatable bonds is 8. The first-order chi connectivity index (χ1) is 14.2. The smallest absolute Gasteiger partial charge is 0.350 e. The van der Waals surface area contributed by atoms with Gasteiger partial charge < -0.3 is 20.1 Å². The average molecular weight is 498 g/mol. The van der Waals surface area contributed by atoms with Crippen LogP contribution in [0.1, 0.15) is 49.4 Å². The molecular weight excluding hydrogens is 478 g/mol. The van der Waals surface area contributed by atoms with E-state index in [4.69, 9.17) is 4.74 Å². The van der Waals surface area contributed by atoms with E-state index < -0.39 is 17.8 Å². The van der Waals surface area contributed by atoms with Gasteiger partial charge in [0.2, 0.25) is 5.91 Å². The highest BCUT2D eigenvalue weighted by Gasteiger charge is 2.18. The number of methoxy groups -OCH3 is 1. The van der Waals surface area contributed by atoms with E-state index in [9.17, 15) is 19.2 Å². The van der Waals surface area contributed by atoms with Gasteiger partial charge in [-0.3, -0.25) is 9.59 Å². The van der Waals surface area contributed by atoms with Crippen molar-refractivity contribution in [3.8, 4) is 0 Å². The summed E-state index contributed by atoms with van der Waals surface area (Å²) in [7, 11) is 1.25. The van der Waals surface area contributed by atoms with Crippen LogP contribution in [-0.4, -0.2) is 49.0 Å². The predicted molar refractivity (Wildman–Crippen MR) is 114 cm³/mol. The van der Waals surface area contributed by atoms with Gasteiger partial charge in [-0.25, -0.2) is 14.6 Å². The molecule has 0 unspecified atom stereocenters. The number of hydrogen-bond acceptors (Lipinski definition) is 8. The highest BCUT2D eigenvalue weighted by atomic mass is 79.9. The Morgan fingerprint density at radius 2 is 1.83 bits per heavy atom. The van der Waals surface area contributed by atoms with Crippen molar-refractivity contribution in [1.29, 1.82) is 0 Å². The van der Waals surface area contributed by atoms with E-state index >= 15 is 0 Å². The number of thiazole rings is 1. The molecule has 0 atom stereocenters. The number of ether oxygens (including phenoxy) is 2. The number of esters is 2. The number of nitrogens with one attached hydrogen (secondary N) is 2. The number of aryl methyl sites for hydroxylation is 1. The van der Waals surface area contributed by atoms with Crippen LogP contribution in [0.4, 0.5) is 5.13 Å². The maximum Gasteiger partial charge on any atom is 0.350 e.